The van der Waals surface area contributed by atoms with Gasteiger partial charge >= 0.3 is 0 Å². The van der Waals surface area contributed by atoms with Gasteiger partial charge in [0, 0.05) is 18.9 Å². The summed E-state index contributed by atoms with van der Waals surface area (Å²) in [6, 6.07) is 8.99. The first kappa shape index (κ1) is 17.1. The van der Waals surface area contributed by atoms with Crippen LogP contribution in [0.1, 0.15) is 43.5 Å². The van der Waals surface area contributed by atoms with Crippen molar-refractivity contribution < 1.29 is 18.0 Å². The van der Waals surface area contributed by atoms with Crippen LogP contribution in [0.4, 0.5) is 0 Å². The molecule has 2 aromatic rings. The molecule has 3 rings (SSSR count). The van der Waals surface area contributed by atoms with E-state index in [9.17, 15) is 13.5 Å². The van der Waals surface area contributed by atoms with Gasteiger partial charge in [-0.15, -0.1) is 0 Å². The second-order valence-electron chi connectivity index (χ2n) is 6.47. The third-order valence-electron chi connectivity index (χ3n) is 4.15. The van der Waals surface area contributed by atoms with Gasteiger partial charge in [0.2, 0.25) is 10.0 Å². The molecule has 0 spiro atoms. The van der Waals surface area contributed by atoms with Gasteiger partial charge in [0.25, 0.3) is 5.89 Å². The zero-order valence-corrected chi connectivity index (χ0v) is 14.5. The monoisotopic (exact) mass is 351 g/mol. The molecule has 24 heavy (non-hydrogen) atoms. The number of aliphatic hydroxyl groups is 1. The number of aromatic nitrogens is 2. The zero-order chi connectivity index (χ0) is 17.4. The molecule has 1 aliphatic heterocycles. The molecule has 1 aliphatic rings. The van der Waals surface area contributed by atoms with Crippen LogP contribution in [-0.2, 0) is 21.4 Å². The fourth-order valence-electron chi connectivity index (χ4n) is 2.71. The van der Waals surface area contributed by atoms with Crippen LogP contribution in [0.25, 0.3) is 0 Å². The largest absolute Gasteiger partial charge is 0.379 e. The Balaban J connectivity index is 1.76. The molecule has 1 aromatic carbocycles. The van der Waals surface area contributed by atoms with Gasteiger partial charge in [-0.05, 0) is 5.56 Å². The number of nitrogens with zero attached hydrogens (tertiary/aromatic N) is 3. The minimum atomic E-state index is -3.52. The lowest BCUT2D eigenvalue weighted by atomic mass is 10.0. The van der Waals surface area contributed by atoms with Crippen molar-refractivity contribution in [2.45, 2.75) is 37.5 Å². The maximum atomic E-state index is 12.6. The van der Waals surface area contributed by atoms with Crippen molar-refractivity contribution in [2.24, 2.45) is 0 Å². The molecule has 1 aromatic heterocycles. The van der Waals surface area contributed by atoms with Gasteiger partial charge in [0.1, 0.15) is 0 Å². The maximum absolute atomic E-state index is 12.6. The van der Waals surface area contributed by atoms with E-state index in [0.29, 0.717) is 11.4 Å². The van der Waals surface area contributed by atoms with Gasteiger partial charge in [0.05, 0.1) is 12.3 Å². The molecular formula is C16H21N3O4S. The summed E-state index contributed by atoms with van der Waals surface area (Å²) >= 11 is 0. The second-order valence-corrected chi connectivity index (χ2v) is 8.44. The second kappa shape index (κ2) is 6.27. The fraction of sp³-hybridized carbons (Fsp3) is 0.500. The summed E-state index contributed by atoms with van der Waals surface area (Å²) in [4.78, 5) is 4.21. The number of β-amino-alcohol motifs (C(OH)–C–C–N with tert-alkyl or cyclic N) is 1. The van der Waals surface area contributed by atoms with E-state index >= 15 is 0 Å². The van der Waals surface area contributed by atoms with Crippen molar-refractivity contribution in [1.82, 2.24) is 14.4 Å². The first-order valence-electron chi connectivity index (χ1n) is 7.88. The molecule has 0 aliphatic carbocycles. The molecule has 8 heteroatoms. The van der Waals surface area contributed by atoms with E-state index < -0.39 is 15.6 Å². The van der Waals surface area contributed by atoms with E-state index in [1.807, 2.05) is 19.9 Å². The topological polar surface area (TPSA) is 96.5 Å². The fourth-order valence-corrected chi connectivity index (χ4v) is 4.28. The number of hydrogen-bond acceptors (Lipinski definition) is 6. The summed E-state index contributed by atoms with van der Waals surface area (Å²) in [6.07, 6.45) is 0.237. The standard InChI is InChI=1S/C16H21N3O4S/c1-12(2)14-17-15(23-18-14)16(20)8-9-19(11-16)24(21,22)10-13-6-4-3-5-7-13/h3-7,12,20H,8-11H2,1-2H3/t16-/m0/s1. The van der Waals surface area contributed by atoms with Gasteiger partial charge in [-0.2, -0.15) is 9.29 Å². The lowest BCUT2D eigenvalue weighted by Gasteiger charge is -2.19. The van der Waals surface area contributed by atoms with E-state index in [1.165, 1.54) is 4.31 Å². The van der Waals surface area contributed by atoms with Crippen LogP contribution in [0.15, 0.2) is 34.9 Å². The Hall–Kier alpha value is -1.77. The van der Waals surface area contributed by atoms with E-state index in [-0.39, 0.29) is 37.1 Å². The molecule has 130 valence electrons. The average Bonchev–Trinajstić information content (AvgIpc) is 3.16. The minimum absolute atomic E-state index is 0.0676. The zero-order valence-electron chi connectivity index (χ0n) is 13.7. The Labute approximate surface area is 141 Å². The molecule has 0 saturated carbocycles. The smallest absolute Gasteiger partial charge is 0.260 e. The Morgan fingerprint density at radius 3 is 2.67 bits per heavy atom. The van der Waals surface area contributed by atoms with Gasteiger partial charge < -0.3 is 9.63 Å². The Morgan fingerprint density at radius 1 is 1.33 bits per heavy atom. The molecule has 0 bridgehead atoms. The Kier molecular flexibility index (Phi) is 4.46. The minimum Gasteiger partial charge on any atom is -0.379 e. The Bertz CT molecular complexity index is 804. The van der Waals surface area contributed by atoms with Crippen LogP contribution in [0.3, 0.4) is 0 Å². The summed E-state index contributed by atoms with van der Waals surface area (Å²) in [5, 5.41) is 14.6. The SMILES string of the molecule is CC(C)c1noc([C@]2(O)CCN(S(=O)(=O)Cc3ccccc3)C2)n1. The predicted molar refractivity (Wildman–Crippen MR) is 87.5 cm³/mol. The third-order valence-corrected chi connectivity index (χ3v) is 5.95. The number of hydrogen-bond donors (Lipinski definition) is 1. The van der Waals surface area contributed by atoms with Crippen LogP contribution < -0.4 is 0 Å². The van der Waals surface area contributed by atoms with E-state index in [2.05, 4.69) is 10.1 Å². The molecule has 0 radical (unpaired) electrons. The van der Waals surface area contributed by atoms with Crippen LogP contribution in [-0.4, -0.2) is 41.1 Å². The summed E-state index contributed by atoms with van der Waals surface area (Å²) in [6.45, 7) is 4.00. The molecule has 0 amide bonds. The van der Waals surface area contributed by atoms with Crippen molar-refractivity contribution in [3.8, 4) is 0 Å². The molecular weight excluding hydrogens is 330 g/mol. The molecule has 1 atom stereocenters. The normalized spacial score (nSPS) is 22.3. The first-order valence-corrected chi connectivity index (χ1v) is 9.49. The summed E-state index contributed by atoms with van der Waals surface area (Å²) in [7, 11) is -3.52. The molecule has 1 saturated heterocycles. The predicted octanol–water partition coefficient (Wildman–Crippen LogP) is 1.62. The number of sulfonamides is 1. The highest BCUT2D eigenvalue weighted by atomic mass is 32.2. The highest BCUT2D eigenvalue weighted by Crippen LogP contribution is 2.33. The van der Waals surface area contributed by atoms with Crippen molar-refractivity contribution in [3.63, 3.8) is 0 Å². The van der Waals surface area contributed by atoms with E-state index in [4.69, 9.17) is 4.52 Å². The van der Waals surface area contributed by atoms with Crippen LogP contribution in [0, 0.1) is 0 Å². The highest BCUT2D eigenvalue weighted by Gasteiger charge is 2.46. The van der Waals surface area contributed by atoms with E-state index in [1.54, 1.807) is 24.3 Å². The number of rotatable bonds is 5. The van der Waals surface area contributed by atoms with Gasteiger partial charge in [0.15, 0.2) is 11.4 Å². The lowest BCUT2D eigenvalue weighted by Crippen LogP contribution is -2.35. The molecule has 7 nitrogen and oxygen atoms in total. The Morgan fingerprint density at radius 2 is 2.04 bits per heavy atom. The van der Waals surface area contributed by atoms with Crippen molar-refractivity contribution in [3.05, 3.63) is 47.6 Å². The van der Waals surface area contributed by atoms with Gasteiger partial charge in [-0.3, -0.25) is 0 Å². The summed E-state index contributed by atoms with van der Waals surface area (Å²) in [5.41, 5.74) is -0.711. The van der Waals surface area contributed by atoms with Crippen molar-refractivity contribution in [2.75, 3.05) is 13.1 Å². The first-order chi connectivity index (χ1) is 11.3. The molecule has 1 N–H and O–H groups in total. The van der Waals surface area contributed by atoms with Crippen LogP contribution >= 0.6 is 0 Å². The van der Waals surface area contributed by atoms with E-state index in [0.717, 1.165) is 0 Å². The van der Waals surface area contributed by atoms with Crippen molar-refractivity contribution >= 4 is 10.0 Å². The summed E-state index contributed by atoms with van der Waals surface area (Å²) < 4.78 is 31.6. The highest BCUT2D eigenvalue weighted by molar-refractivity contribution is 7.88. The van der Waals surface area contributed by atoms with Crippen LogP contribution in [0.5, 0.6) is 0 Å². The molecule has 2 heterocycles. The quantitative estimate of drug-likeness (QED) is 0.879. The average molecular weight is 351 g/mol. The van der Waals surface area contributed by atoms with Gasteiger partial charge in [-0.25, -0.2) is 8.42 Å². The van der Waals surface area contributed by atoms with Gasteiger partial charge in [-0.1, -0.05) is 49.3 Å². The maximum Gasteiger partial charge on any atom is 0.260 e. The lowest BCUT2D eigenvalue weighted by molar-refractivity contribution is 0.0194. The third kappa shape index (κ3) is 3.35. The number of benzene rings is 1. The molecule has 1 fully saturated rings. The summed E-state index contributed by atoms with van der Waals surface area (Å²) in [5.74, 6) is 0.573. The van der Waals surface area contributed by atoms with Crippen LogP contribution in [0.2, 0.25) is 0 Å². The molecule has 0 unspecified atom stereocenters. The van der Waals surface area contributed by atoms with Crippen molar-refractivity contribution in [1.29, 1.82) is 0 Å².